The summed E-state index contributed by atoms with van der Waals surface area (Å²) >= 11 is 0. The van der Waals surface area contributed by atoms with Crippen LogP contribution in [0.2, 0.25) is 0 Å². The Morgan fingerprint density at radius 2 is 2.00 bits per heavy atom. The van der Waals surface area contributed by atoms with Crippen LogP contribution >= 0.6 is 0 Å². The van der Waals surface area contributed by atoms with Crippen molar-refractivity contribution in [2.45, 2.75) is 64.2 Å². The van der Waals surface area contributed by atoms with Crippen molar-refractivity contribution in [1.29, 1.82) is 0 Å². The van der Waals surface area contributed by atoms with Gasteiger partial charge in [0, 0.05) is 11.4 Å². The van der Waals surface area contributed by atoms with Gasteiger partial charge in [-0.15, -0.1) is 0 Å². The SMILES string of the molecule is CC(C)c1ccc2c(c1)CC[C@H]1[C@@](CS(=O)(=O)O)(C(=O)[O-])CCC[C@]21C.[Na+]. The largest absolute Gasteiger partial charge is 1.00 e. The molecule has 2 aliphatic carbocycles. The average Bonchev–Trinajstić information content (AvgIpc) is 2.52. The normalized spacial score (nSPS) is 30.2. The molecule has 3 rings (SSSR count). The van der Waals surface area contributed by atoms with Crippen LogP contribution < -0.4 is 34.7 Å². The van der Waals surface area contributed by atoms with Gasteiger partial charge in [0.2, 0.25) is 0 Å². The van der Waals surface area contributed by atoms with Gasteiger partial charge < -0.3 is 9.90 Å². The van der Waals surface area contributed by atoms with Crippen molar-refractivity contribution in [3.05, 3.63) is 34.9 Å². The van der Waals surface area contributed by atoms with E-state index in [0.717, 1.165) is 18.4 Å². The topological polar surface area (TPSA) is 94.5 Å². The summed E-state index contributed by atoms with van der Waals surface area (Å²) in [5, 5.41) is 12.1. The summed E-state index contributed by atoms with van der Waals surface area (Å²) in [5.41, 5.74) is 1.65. The van der Waals surface area contributed by atoms with Gasteiger partial charge in [-0.3, -0.25) is 4.55 Å². The molecule has 0 aliphatic heterocycles. The summed E-state index contributed by atoms with van der Waals surface area (Å²) in [5.74, 6) is -2.07. The number of carbonyl (C=O) groups is 1. The zero-order valence-corrected chi connectivity index (χ0v) is 19.4. The summed E-state index contributed by atoms with van der Waals surface area (Å²) in [6.07, 6.45) is 2.95. The summed E-state index contributed by atoms with van der Waals surface area (Å²) in [4.78, 5) is 12.1. The smallest absolute Gasteiger partial charge is 0.550 e. The molecule has 0 amide bonds. The van der Waals surface area contributed by atoms with Crippen LogP contribution in [0.15, 0.2) is 18.2 Å². The van der Waals surface area contributed by atoms with Crippen LogP contribution in [0.25, 0.3) is 0 Å². The van der Waals surface area contributed by atoms with Gasteiger partial charge in [0.05, 0.1) is 5.75 Å². The molecule has 1 aromatic rings. The third-order valence-electron chi connectivity index (χ3n) is 6.72. The number of aryl methyl sites for hydroxylation is 1. The predicted octanol–water partition coefficient (Wildman–Crippen LogP) is -0.558. The molecular weight excluding hydrogens is 375 g/mol. The standard InChI is InChI=1S/C20H28O5S.Na/c1-13(2)14-5-7-16-15(11-14)6-8-17-19(16,3)9-4-10-20(17,18(21)22)12-26(23,24)25;/h5,7,11,13,17H,4,6,8-10,12H2,1-3H3,(H,21,22)(H,23,24,25);/q;+1/p-1/t17-,19-,20-;/m1./s1. The second-order valence-corrected chi connectivity index (χ2v) is 10.1. The first-order valence-corrected chi connectivity index (χ1v) is 10.9. The third-order valence-corrected chi connectivity index (χ3v) is 7.60. The Morgan fingerprint density at radius 3 is 2.56 bits per heavy atom. The Labute approximate surface area is 184 Å². The molecule has 0 aromatic heterocycles. The van der Waals surface area contributed by atoms with Crippen LogP contribution in [0.1, 0.15) is 69.1 Å². The van der Waals surface area contributed by atoms with Gasteiger partial charge >= 0.3 is 29.6 Å². The van der Waals surface area contributed by atoms with Crippen molar-refractivity contribution in [2.24, 2.45) is 11.3 Å². The van der Waals surface area contributed by atoms with Crippen molar-refractivity contribution >= 4 is 16.1 Å². The van der Waals surface area contributed by atoms with Crippen LogP contribution in [0, 0.1) is 11.3 Å². The predicted molar refractivity (Wildman–Crippen MR) is 97.4 cm³/mol. The minimum atomic E-state index is -4.42. The van der Waals surface area contributed by atoms with Gasteiger partial charge in [-0.25, -0.2) is 0 Å². The fourth-order valence-electron chi connectivity index (χ4n) is 5.48. The van der Waals surface area contributed by atoms with Crippen LogP contribution in [-0.2, 0) is 26.7 Å². The van der Waals surface area contributed by atoms with Gasteiger partial charge in [0.25, 0.3) is 10.1 Å². The first-order chi connectivity index (χ1) is 12.0. The monoisotopic (exact) mass is 402 g/mol. The second-order valence-electron chi connectivity index (χ2n) is 8.60. The summed E-state index contributed by atoms with van der Waals surface area (Å²) in [6.45, 7) is 6.33. The summed E-state index contributed by atoms with van der Waals surface area (Å²) in [6, 6.07) is 6.39. The van der Waals surface area contributed by atoms with Crippen molar-refractivity contribution < 1.29 is 52.4 Å². The molecule has 2 aliphatic rings. The van der Waals surface area contributed by atoms with Crippen LogP contribution in [0.4, 0.5) is 0 Å². The number of aliphatic carboxylic acids is 1. The number of carboxylic acids is 1. The van der Waals surface area contributed by atoms with Gasteiger partial charge in [0.15, 0.2) is 0 Å². The van der Waals surface area contributed by atoms with Gasteiger partial charge in [-0.05, 0) is 59.6 Å². The van der Waals surface area contributed by atoms with Gasteiger partial charge in [0.1, 0.15) is 0 Å². The zero-order valence-electron chi connectivity index (χ0n) is 16.6. The van der Waals surface area contributed by atoms with Gasteiger partial charge in [-0.1, -0.05) is 45.4 Å². The number of benzene rings is 1. The van der Waals surface area contributed by atoms with E-state index in [1.54, 1.807) is 0 Å². The molecule has 0 heterocycles. The molecule has 3 atom stereocenters. The van der Waals surface area contributed by atoms with E-state index in [9.17, 15) is 22.9 Å². The maximum absolute atomic E-state index is 12.1. The molecular formula is C20H27NaO5S. The minimum absolute atomic E-state index is 0. The van der Waals surface area contributed by atoms with E-state index in [1.807, 2.05) is 6.92 Å². The third kappa shape index (κ3) is 4.01. The molecule has 144 valence electrons. The van der Waals surface area contributed by atoms with E-state index >= 15 is 0 Å². The molecule has 0 unspecified atom stereocenters. The van der Waals surface area contributed by atoms with Crippen molar-refractivity contribution in [3.8, 4) is 0 Å². The summed E-state index contributed by atoms with van der Waals surface area (Å²) < 4.78 is 32.7. The maximum Gasteiger partial charge on any atom is 1.00 e. The molecule has 5 nitrogen and oxygen atoms in total. The Morgan fingerprint density at radius 1 is 1.33 bits per heavy atom. The Hall–Kier alpha value is -0.400. The van der Waals surface area contributed by atoms with E-state index in [1.165, 1.54) is 11.1 Å². The molecule has 27 heavy (non-hydrogen) atoms. The second kappa shape index (κ2) is 7.79. The maximum atomic E-state index is 12.1. The van der Waals surface area contributed by atoms with E-state index in [0.29, 0.717) is 18.8 Å². The number of fused-ring (bicyclic) bond motifs is 3. The van der Waals surface area contributed by atoms with Crippen molar-refractivity contribution in [1.82, 2.24) is 0 Å². The minimum Gasteiger partial charge on any atom is -0.550 e. The van der Waals surface area contributed by atoms with Crippen LogP contribution in [0.5, 0.6) is 0 Å². The van der Waals surface area contributed by atoms with Crippen molar-refractivity contribution in [3.63, 3.8) is 0 Å². The molecule has 0 saturated heterocycles. The summed E-state index contributed by atoms with van der Waals surface area (Å²) in [7, 11) is -4.42. The Bertz CT molecular complexity index is 835. The molecule has 0 bridgehead atoms. The molecule has 7 heteroatoms. The van der Waals surface area contributed by atoms with Crippen LogP contribution in [-0.4, -0.2) is 24.7 Å². The van der Waals surface area contributed by atoms with E-state index in [-0.39, 0.29) is 41.9 Å². The first kappa shape index (κ1) is 22.9. The van der Waals surface area contributed by atoms with E-state index in [4.69, 9.17) is 0 Å². The first-order valence-electron chi connectivity index (χ1n) is 9.29. The number of carbonyl (C=O) groups excluding carboxylic acids is 1. The van der Waals surface area contributed by atoms with Crippen molar-refractivity contribution in [2.75, 3.05) is 5.75 Å². The molecule has 1 aromatic carbocycles. The fraction of sp³-hybridized carbons (Fsp3) is 0.650. The molecule has 1 N–H and O–H groups in total. The number of hydrogen-bond donors (Lipinski definition) is 1. The van der Waals surface area contributed by atoms with E-state index in [2.05, 4.69) is 32.0 Å². The molecule has 0 spiro atoms. The molecule has 0 radical (unpaired) electrons. The van der Waals surface area contributed by atoms with E-state index < -0.39 is 32.7 Å². The zero-order chi connectivity index (χ0) is 19.3. The quantitative estimate of drug-likeness (QED) is 0.538. The molecule has 1 saturated carbocycles. The molecule has 1 fully saturated rings. The number of carboxylic acid groups (broad SMARTS) is 1. The Kier molecular flexibility index (Phi) is 6.60. The van der Waals surface area contributed by atoms with Crippen LogP contribution in [0.3, 0.4) is 0 Å². The average molecular weight is 402 g/mol. The van der Waals surface area contributed by atoms with Gasteiger partial charge in [-0.2, -0.15) is 8.42 Å². The number of hydrogen-bond acceptors (Lipinski definition) is 4. The number of rotatable bonds is 4. The Balaban J connectivity index is 0.00000261. The fourth-order valence-corrected chi connectivity index (χ4v) is 6.60.